The van der Waals surface area contributed by atoms with Crippen LogP contribution in [0.15, 0.2) is 53.0 Å². The van der Waals surface area contributed by atoms with Crippen molar-refractivity contribution >= 4 is 23.0 Å². The number of furan rings is 1. The molecule has 0 radical (unpaired) electrons. The Hall–Kier alpha value is -2.00. The fourth-order valence-electron chi connectivity index (χ4n) is 2.65. The molecule has 0 spiro atoms. The number of allylic oxidation sites excluding steroid dienone is 2. The van der Waals surface area contributed by atoms with E-state index >= 15 is 0 Å². The van der Waals surface area contributed by atoms with Gasteiger partial charge in [0.25, 0.3) is 0 Å². The van der Waals surface area contributed by atoms with Crippen LogP contribution in [0.3, 0.4) is 0 Å². The van der Waals surface area contributed by atoms with Crippen molar-refractivity contribution in [2.24, 2.45) is 0 Å². The Morgan fingerprint density at radius 2 is 2.20 bits per heavy atom. The second-order valence-electron chi connectivity index (χ2n) is 4.79. The number of hydrogen-bond donors (Lipinski definition) is 1. The van der Waals surface area contributed by atoms with Gasteiger partial charge in [0.1, 0.15) is 0 Å². The molecule has 1 aromatic heterocycles. The Kier molecular flexibility index (Phi) is 3.36. The number of Topliss-reactive ketones (excluding diaryl/α,β-unsaturated/α-hetero) is 1. The van der Waals surface area contributed by atoms with Gasteiger partial charge in [-0.05, 0) is 23.8 Å². The molecule has 20 heavy (non-hydrogen) atoms. The summed E-state index contributed by atoms with van der Waals surface area (Å²) in [5.74, 6) is -0.0665. The molecule has 1 N–H and O–H groups in total. The van der Waals surface area contributed by atoms with Gasteiger partial charge in [-0.25, -0.2) is 0 Å². The molecule has 1 heterocycles. The largest absolute Gasteiger partial charge is 0.472 e. The fraction of sp³-hybridized carbons (Fsp3) is 0.188. The number of rotatable bonds is 3. The van der Waals surface area contributed by atoms with E-state index in [4.69, 9.17) is 16.0 Å². The second kappa shape index (κ2) is 5.17. The molecule has 0 saturated heterocycles. The first-order valence-electron chi connectivity index (χ1n) is 6.44. The van der Waals surface area contributed by atoms with Crippen LogP contribution in [-0.2, 0) is 4.79 Å². The quantitative estimate of drug-likeness (QED) is 0.937. The number of ketones is 1. The van der Waals surface area contributed by atoms with E-state index in [0.29, 0.717) is 11.4 Å². The molecule has 102 valence electrons. The standard InChI is InChI=1S/C16H14ClNO2/c1-18-14-8-13(11-5-6-20-9-11)16(19)15(14)10-3-2-4-12(17)7-10/h2-7,9,13,18H,8H2,1H3. The lowest BCUT2D eigenvalue weighted by atomic mass is 9.95. The summed E-state index contributed by atoms with van der Waals surface area (Å²) in [4.78, 5) is 12.7. The summed E-state index contributed by atoms with van der Waals surface area (Å²) in [6, 6.07) is 9.24. The lowest BCUT2D eigenvalue weighted by molar-refractivity contribution is -0.114. The summed E-state index contributed by atoms with van der Waals surface area (Å²) in [5.41, 5.74) is 3.45. The summed E-state index contributed by atoms with van der Waals surface area (Å²) >= 11 is 6.03. The summed E-state index contributed by atoms with van der Waals surface area (Å²) in [7, 11) is 1.84. The number of benzene rings is 1. The highest BCUT2D eigenvalue weighted by molar-refractivity contribution is 6.31. The van der Waals surface area contributed by atoms with E-state index in [-0.39, 0.29) is 11.7 Å². The Bertz CT molecular complexity index is 674. The number of hydrogen-bond acceptors (Lipinski definition) is 3. The van der Waals surface area contributed by atoms with Crippen LogP contribution in [0, 0.1) is 0 Å². The smallest absolute Gasteiger partial charge is 0.173 e. The molecule has 0 saturated carbocycles. The molecule has 3 nitrogen and oxygen atoms in total. The van der Waals surface area contributed by atoms with Crippen LogP contribution in [-0.4, -0.2) is 12.8 Å². The molecule has 0 fully saturated rings. The van der Waals surface area contributed by atoms with Gasteiger partial charge in [-0.15, -0.1) is 0 Å². The maximum absolute atomic E-state index is 12.7. The van der Waals surface area contributed by atoms with Crippen LogP contribution < -0.4 is 5.32 Å². The zero-order chi connectivity index (χ0) is 14.1. The van der Waals surface area contributed by atoms with Crippen molar-refractivity contribution in [3.8, 4) is 0 Å². The van der Waals surface area contributed by atoms with Crippen molar-refractivity contribution in [1.29, 1.82) is 0 Å². The molecule has 2 aromatic rings. The van der Waals surface area contributed by atoms with E-state index < -0.39 is 0 Å². The van der Waals surface area contributed by atoms with Crippen LogP contribution in [0.4, 0.5) is 0 Å². The van der Waals surface area contributed by atoms with Crippen molar-refractivity contribution in [3.63, 3.8) is 0 Å². The molecule has 3 rings (SSSR count). The SMILES string of the molecule is CNC1=C(c2cccc(Cl)c2)C(=O)C(c2ccoc2)C1. The predicted molar refractivity (Wildman–Crippen MR) is 78.5 cm³/mol. The molecule has 1 aromatic carbocycles. The summed E-state index contributed by atoms with van der Waals surface area (Å²) in [6.45, 7) is 0. The highest BCUT2D eigenvalue weighted by Gasteiger charge is 2.35. The van der Waals surface area contributed by atoms with Gasteiger partial charge in [0, 0.05) is 35.3 Å². The number of halogens is 1. The molecule has 0 amide bonds. The van der Waals surface area contributed by atoms with E-state index in [1.165, 1.54) is 0 Å². The van der Waals surface area contributed by atoms with E-state index in [1.807, 2.05) is 31.3 Å². The average Bonchev–Trinajstić information content (AvgIpc) is 3.05. The lowest BCUT2D eigenvalue weighted by Crippen LogP contribution is -2.07. The van der Waals surface area contributed by atoms with E-state index in [0.717, 1.165) is 22.4 Å². The van der Waals surface area contributed by atoms with Gasteiger partial charge in [0.05, 0.1) is 18.4 Å². The lowest BCUT2D eigenvalue weighted by Gasteiger charge is -2.06. The first-order chi connectivity index (χ1) is 9.70. The van der Waals surface area contributed by atoms with E-state index in [2.05, 4.69) is 5.32 Å². The van der Waals surface area contributed by atoms with Crippen LogP contribution in [0.2, 0.25) is 5.02 Å². The molecule has 1 aliphatic rings. The zero-order valence-corrected chi connectivity index (χ0v) is 11.8. The topological polar surface area (TPSA) is 42.2 Å². The first-order valence-corrected chi connectivity index (χ1v) is 6.81. The number of carbonyl (C=O) groups is 1. The summed E-state index contributed by atoms with van der Waals surface area (Å²) in [5, 5.41) is 3.77. The molecule has 1 unspecified atom stereocenters. The van der Waals surface area contributed by atoms with Crippen LogP contribution in [0.1, 0.15) is 23.5 Å². The average molecular weight is 288 g/mol. The predicted octanol–water partition coefficient (Wildman–Crippen LogP) is 3.62. The van der Waals surface area contributed by atoms with Crippen LogP contribution in [0.5, 0.6) is 0 Å². The van der Waals surface area contributed by atoms with E-state index in [9.17, 15) is 4.79 Å². The Morgan fingerprint density at radius 3 is 2.85 bits per heavy atom. The van der Waals surface area contributed by atoms with Crippen LogP contribution in [0.25, 0.3) is 5.57 Å². The van der Waals surface area contributed by atoms with Gasteiger partial charge in [-0.3, -0.25) is 4.79 Å². The highest BCUT2D eigenvalue weighted by Crippen LogP contribution is 2.39. The highest BCUT2D eigenvalue weighted by atomic mass is 35.5. The molecule has 0 aliphatic heterocycles. The Morgan fingerprint density at radius 1 is 1.35 bits per heavy atom. The van der Waals surface area contributed by atoms with Gasteiger partial charge in [-0.2, -0.15) is 0 Å². The van der Waals surface area contributed by atoms with Crippen molar-refractivity contribution in [2.75, 3.05) is 7.05 Å². The molecular formula is C16H14ClNO2. The fourth-order valence-corrected chi connectivity index (χ4v) is 2.84. The minimum atomic E-state index is -0.176. The van der Waals surface area contributed by atoms with Gasteiger partial charge < -0.3 is 9.73 Å². The molecule has 0 bridgehead atoms. The maximum atomic E-state index is 12.7. The minimum Gasteiger partial charge on any atom is -0.472 e. The second-order valence-corrected chi connectivity index (χ2v) is 5.23. The first kappa shape index (κ1) is 13.0. The van der Waals surface area contributed by atoms with Crippen LogP contribution >= 0.6 is 11.6 Å². The van der Waals surface area contributed by atoms with Gasteiger partial charge in [0.15, 0.2) is 5.78 Å². The Labute approximate surface area is 122 Å². The normalized spacial score (nSPS) is 18.7. The molecule has 4 heteroatoms. The molecule has 1 atom stereocenters. The monoisotopic (exact) mass is 287 g/mol. The van der Waals surface area contributed by atoms with E-state index in [1.54, 1.807) is 18.6 Å². The Balaban J connectivity index is 2.02. The minimum absolute atomic E-state index is 0.109. The third kappa shape index (κ3) is 2.14. The third-order valence-corrected chi connectivity index (χ3v) is 3.87. The maximum Gasteiger partial charge on any atom is 0.173 e. The number of nitrogens with one attached hydrogen (secondary N) is 1. The molecular weight excluding hydrogens is 274 g/mol. The van der Waals surface area contributed by atoms with Crippen molar-refractivity contribution in [2.45, 2.75) is 12.3 Å². The molecule has 1 aliphatic carbocycles. The van der Waals surface area contributed by atoms with Gasteiger partial charge in [-0.1, -0.05) is 23.7 Å². The summed E-state index contributed by atoms with van der Waals surface area (Å²) < 4.78 is 5.09. The number of carbonyl (C=O) groups excluding carboxylic acids is 1. The third-order valence-electron chi connectivity index (χ3n) is 3.63. The van der Waals surface area contributed by atoms with Gasteiger partial charge >= 0.3 is 0 Å². The van der Waals surface area contributed by atoms with Crippen molar-refractivity contribution in [1.82, 2.24) is 5.32 Å². The zero-order valence-electron chi connectivity index (χ0n) is 11.0. The van der Waals surface area contributed by atoms with Gasteiger partial charge in [0.2, 0.25) is 0 Å². The summed E-state index contributed by atoms with van der Waals surface area (Å²) in [6.07, 6.45) is 3.90. The van der Waals surface area contributed by atoms with Crippen molar-refractivity contribution < 1.29 is 9.21 Å². The van der Waals surface area contributed by atoms with Crippen molar-refractivity contribution in [3.05, 3.63) is 64.7 Å².